The van der Waals surface area contributed by atoms with Crippen molar-refractivity contribution in [3.8, 4) is 5.75 Å². The molecule has 1 fully saturated rings. The lowest BCUT2D eigenvalue weighted by Crippen LogP contribution is -2.42. The first-order chi connectivity index (χ1) is 13.6. The second-order valence-electron chi connectivity index (χ2n) is 9.40. The van der Waals surface area contributed by atoms with E-state index in [0.29, 0.717) is 49.0 Å². The van der Waals surface area contributed by atoms with Gasteiger partial charge in [0, 0.05) is 6.54 Å². The Kier molecular flexibility index (Phi) is 6.46. The fourth-order valence-corrected chi connectivity index (χ4v) is 5.52. The van der Waals surface area contributed by atoms with Crippen LogP contribution in [0.15, 0.2) is 18.2 Å². The van der Waals surface area contributed by atoms with Crippen LogP contribution in [0, 0.1) is 11.3 Å². The van der Waals surface area contributed by atoms with Crippen molar-refractivity contribution in [2.75, 3.05) is 22.8 Å². The van der Waals surface area contributed by atoms with Crippen LogP contribution in [0.1, 0.15) is 66.2 Å². The predicted molar refractivity (Wildman–Crippen MR) is 117 cm³/mol. The molecule has 0 unspecified atom stereocenters. The Hall–Kier alpha value is -1.76. The number of benzene rings is 1. The van der Waals surface area contributed by atoms with Gasteiger partial charge in [0.2, 0.25) is 15.9 Å². The van der Waals surface area contributed by atoms with Crippen molar-refractivity contribution in [1.29, 1.82) is 0 Å². The fourth-order valence-electron chi connectivity index (χ4n) is 3.94. The Labute approximate surface area is 175 Å². The molecule has 3 rings (SSSR count). The van der Waals surface area contributed by atoms with E-state index in [9.17, 15) is 13.2 Å². The van der Waals surface area contributed by atoms with E-state index in [1.165, 1.54) is 0 Å². The van der Waals surface area contributed by atoms with Crippen LogP contribution in [0.5, 0.6) is 5.75 Å². The summed E-state index contributed by atoms with van der Waals surface area (Å²) in [5.41, 5.74) is 0.489. The highest BCUT2D eigenvalue weighted by atomic mass is 32.2. The van der Waals surface area contributed by atoms with Crippen LogP contribution in [0.25, 0.3) is 0 Å². The van der Waals surface area contributed by atoms with Gasteiger partial charge in [0.05, 0.1) is 22.0 Å². The third kappa shape index (κ3) is 5.05. The average Bonchev–Trinajstić information content (AvgIpc) is 2.76. The highest BCUT2D eigenvalue weighted by Gasteiger charge is 2.38. The summed E-state index contributed by atoms with van der Waals surface area (Å²) in [6, 6.07) is 5.24. The molecule has 1 N–H and O–H groups in total. The minimum Gasteiger partial charge on any atom is -0.490 e. The Morgan fingerprint density at radius 1 is 1.21 bits per heavy atom. The van der Waals surface area contributed by atoms with E-state index in [-0.39, 0.29) is 11.2 Å². The molecule has 2 aliphatic rings. The van der Waals surface area contributed by atoms with E-state index in [4.69, 9.17) is 4.74 Å². The second kappa shape index (κ2) is 8.54. The molecule has 0 saturated heterocycles. The van der Waals surface area contributed by atoms with E-state index < -0.39 is 15.4 Å². The number of rotatable bonds is 6. The number of nitrogens with one attached hydrogen (secondary N) is 1. The highest BCUT2D eigenvalue weighted by molar-refractivity contribution is 7.93. The molecule has 0 bridgehead atoms. The smallest absolute Gasteiger partial charge is 0.236 e. The van der Waals surface area contributed by atoms with Crippen LogP contribution < -0.4 is 14.4 Å². The molecular formula is C22H34N2O4S. The quantitative estimate of drug-likeness (QED) is 0.729. The molecule has 1 heterocycles. The summed E-state index contributed by atoms with van der Waals surface area (Å²) >= 11 is 0. The van der Waals surface area contributed by atoms with Gasteiger partial charge in [-0.05, 0) is 57.2 Å². The van der Waals surface area contributed by atoms with Crippen molar-refractivity contribution in [2.24, 2.45) is 11.3 Å². The van der Waals surface area contributed by atoms with Gasteiger partial charge in [0.1, 0.15) is 12.4 Å². The minimum atomic E-state index is -3.45. The van der Waals surface area contributed by atoms with Crippen molar-refractivity contribution in [2.45, 2.75) is 71.5 Å². The molecule has 1 aromatic carbocycles. The maximum atomic E-state index is 13.2. The van der Waals surface area contributed by atoms with Gasteiger partial charge >= 0.3 is 0 Å². The second-order valence-corrected chi connectivity index (χ2v) is 11.4. The van der Waals surface area contributed by atoms with Crippen molar-refractivity contribution in [1.82, 2.24) is 0 Å². The third-order valence-corrected chi connectivity index (χ3v) is 7.71. The molecular weight excluding hydrogens is 388 g/mol. The van der Waals surface area contributed by atoms with Crippen LogP contribution >= 0.6 is 0 Å². The van der Waals surface area contributed by atoms with Crippen molar-refractivity contribution >= 4 is 27.3 Å². The van der Waals surface area contributed by atoms with Crippen LogP contribution in [-0.2, 0) is 14.8 Å². The molecule has 7 heteroatoms. The summed E-state index contributed by atoms with van der Waals surface area (Å²) in [6.07, 6.45) is 5.28. The molecule has 1 aromatic rings. The lowest BCUT2D eigenvalue weighted by atomic mass is 9.92. The molecule has 29 heavy (non-hydrogen) atoms. The number of fused-ring (bicyclic) bond motifs is 1. The summed E-state index contributed by atoms with van der Waals surface area (Å²) in [4.78, 5) is 15.0. The number of nitrogens with zero attached hydrogens (tertiary/aromatic N) is 1. The summed E-state index contributed by atoms with van der Waals surface area (Å²) in [5, 5.41) is -0.344. The maximum absolute atomic E-state index is 13.2. The molecule has 1 saturated carbocycles. The molecule has 1 aliphatic carbocycles. The van der Waals surface area contributed by atoms with Gasteiger partial charge < -0.3 is 9.64 Å². The number of amides is 1. The number of sulfonamides is 1. The topological polar surface area (TPSA) is 75.7 Å². The molecule has 0 radical (unpaired) electrons. The Balaban J connectivity index is 1.90. The summed E-state index contributed by atoms with van der Waals surface area (Å²) < 4.78 is 34.4. The van der Waals surface area contributed by atoms with E-state index in [1.54, 1.807) is 23.1 Å². The summed E-state index contributed by atoms with van der Waals surface area (Å²) in [5.74, 6) is 1.07. The van der Waals surface area contributed by atoms with Crippen molar-refractivity contribution < 1.29 is 17.9 Å². The van der Waals surface area contributed by atoms with Gasteiger partial charge in [-0.25, -0.2) is 8.42 Å². The predicted octanol–water partition coefficient (Wildman–Crippen LogP) is 4.56. The lowest BCUT2D eigenvalue weighted by molar-refractivity contribution is -0.127. The van der Waals surface area contributed by atoms with Gasteiger partial charge in [-0.3, -0.25) is 9.52 Å². The first kappa shape index (κ1) is 21.9. The zero-order chi connectivity index (χ0) is 21.2. The SMILES string of the molecule is CC(C)CCN1C(=O)C(C)(C)COc2ccc(NS(=O)(=O)C3CCCCC3)cc21. The molecule has 162 valence electrons. The molecule has 1 amide bonds. The normalized spacial score (nSPS) is 20.2. The minimum absolute atomic E-state index is 0.00388. The number of hydrogen-bond donors (Lipinski definition) is 1. The number of hydrogen-bond acceptors (Lipinski definition) is 4. The molecule has 0 spiro atoms. The van der Waals surface area contributed by atoms with Gasteiger partial charge in [0.25, 0.3) is 0 Å². The Morgan fingerprint density at radius 3 is 2.55 bits per heavy atom. The summed E-state index contributed by atoms with van der Waals surface area (Å²) in [7, 11) is -3.45. The highest BCUT2D eigenvalue weighted by Crippen LogP contribution is 2.39. The van der Waals surface area contributed by atoms with Crippen molar-refractivity contribution in [3.63, 3.8) is 0 Å². The number of carbonyl (C=O) groups is 1. The molecule has 0 aromatic heterocycles. The van der Waals surface area contributed by atoms with Crippen LogP contribution in [0.3, 0.4) is 0 Å². The van der Waals surface area contributed by atoms with Gasteiger partial charge in [-0.15, -0.1) is 0 Å². The summed E-state index contributed by atoms with van der Waals surface area (Å²) in [6.45, 7) is 8.89. The zero-order valence-electron chi connectivity index (χ0n) is 18.0. The standard InChI is InChI=1S/C22H34N2O4S/c1-16(2)12-13-24-19-14-17(23-29(26,27)18-8-6-5-7-9-18)10-11-20(19)28-15-22(3,4)21(24)25/h10-11,14,16,18,23H,5-9,12-13,15H2,1-4H3. The van der Waals surface area contributed by atoms with Gasteiger partial charge in [-0.1, -0.05) is 33.1 Å². The Morgan fingerprint density at radius 2 is 1.90 bits per heavy atom. The monoisotopic (exact) mass is 422 g/mol. The van der Waals surface area contributed by atoms with E-state index in [2.05, 4.69) is 18.6 Å². The Bertz CT molecular complexity index is 842. The first-order valence-corrected chi connectivity index (χ1v) is 12.3. The lowest BCUT2D eigenvalue weighted by Gasteiger charge is -2.29. The van der Waals surface area contributed by atoms with Crippen LogP contribution in [0.4, 0.5) is 11.4 Å². The van der Waals surface area contributed by atoms with E-state index in [1.807, 2.05) is 13.8 Å². The average molecular weight is 423 g/mol. The fraction of sp³-hybridized carbons (Fsp3) is 0.682. The van der Waals surface area contributed by atoms with E-state index >= 15 is 0 Å². The largest absolute Gasteiger partial charge is 0.490 e. The number of carbonyl (C=O) groups excluding carboxylic acids is 1. The van der Waals surface area contributed by atoms with E-state index in [0.717, 1.165) is 25.7 Å². The van der Waals surface area contributed by atoms with Crippen molar-refractivity contribution in [3.05, 3.63) is 18.2 Å². The van der Waals surface area contributed by atoms with Crippen LogP contribution in [-0.4, -0.2) is 32.7 Å². The maximum Gasteiger partial charge on any atom is 0.236 e. The third-order valence-electron chi connectivity index (χ3n) is 5.84. The number of anilines is 2. The molecule has 1 aliphatic heterocycles. The van der Waals surface area contributed by atoms with Gasteiger partial charge in [-0.2, -0.15) is 0 Å². The zero-order valence-corrected chi connectivity index (χ0v) is 18.8. The van der Waals surface area contributed by atoms with Gasteiger partial charge in [0.15, 0.2) is 0 Å². The molecule has 0 atom stereocenters. The van der Waals surface area contributed by atoms with Crippen LogP contribution in [0.2, 0.25) is 0 Å². The molecule has 6 nitrogen and oxygen atoms in total. The number of ether oxygens (including phenoxy) is 1. The first-order valence-electron chi connectivity index (χ1n) is 10.7.